The van der Waals surface area contributed by atoms with Crippen molar-refractivity contribution in [1.29, 1.82) is 0 Å². The average Bonchev–Trinajstić information content (AvgIpc) is 3.38. The van der Waals surface area contributed by atoms with E-state index < -0.39 is 0 Å². The van der Waals surface area contributed by atoms with E-state index in [0.717, 1.165) is 42.1 Å². The first-order valence-corrected chi connectivity index (χ1v) is 12.3. The maximum atomic E-state index is 13.4. The molecule has 3 heterocycles. The summed E-state index contributed by atoms with van der Waals surface area (Å²) in [5, 5.41) is 4.74. The minimum absolute atomic E-state index is 0.0415. The third-order valence-corrected chi connectivity index (χ3v) is 6.69. The highest BCUT2D eigenvalue weighted by Crippen LogP contribution is 2.27. The molecule has 6 rings (SSSR count). The Labute approximate surface area is 210 Å². The van der Waals surface area contributed by atoms with Gasteiger partial charge in [-0.25, -0.2) is 9.50 Å². The fourth-order valence-corrected chi connectivity index (χ4v) is 4.76. The van der Waals surface area contributed by atoms with Gasteiger partial charge in [-0.2, -0.15) is 5.10 Å². The predicted molar refractivity (Wildman–Crippen MR) is 141 cm³/mol. The van der Waals surface area contributed by atoms with Crippen LogP contribution in [0.5, 0.6) is 0 Å². The second kappa shape index (κ2) is 9.76. The lowest BCUT2D eigenvalue weighted by Gasteiger charge is -2.34. The fraction of sp³-hybridized carbons (Fsp3) is 0.167. The molecule has 1 aliphatic rings. The Kier molecular flexibility index (Phi) is 6.01. The summed E-state index contributed by atoms with van der Waals surface area (Å²) in [5.74, 6) is -0.0415. The number of piperazine rings is 1. The lowest BCUT2D eigenvalue weighted by molar-refractivity contribution is 0.0622. The van der Waals surface area contributed by atoms with E-state index in [1.807, 2.05) is 71.6 Å². The van der Waals surface area contributed by atoms with Crippen molar-refractivity contribution in [3.63, 3.8) is 0 Å². The van der Waals surface area contributed by atoms with Gasteiger partial charge in [0.1, 0.15) is 0 Å². The van der Waals surface area contributed by atoms with Crippen LogP contribution in [0.3, 0.4) is 0 Å². The van der Waals surface area contributed by atoms with Crippen LogP contribution in [0.25, 0.3) is 28.2 Å². The summed E-state index contributed by atoms with van der Waals surface area (Å²) in [6.07, 6.45) is 0. The molecule has 1 amide bonds. The molecule has 2 aromatic heterocycles. The van der Waals surface area contributed by atoms with Crippen molar-refractivity contribution in [3.8, 4) is 22.5 Å². The van der Waals surface area contributed by atoms with E-state index >= 15 is 0 Å². The standard InChI is InChI=1S/C30H27N5O/c36-30(34-18-16-33(17-19-34)22-23-10-4-1-5-11-23)27-21-29-31-26(24-12-6-2-7-13-24)20-28(35(29)32-27)25-14-8-3-9-15-25/h1-15,20-21H,16-19,22H2. The number of fused-ring (bicyclic) bond motifs is 1. The monoisotopic (exact) mass is 473 g/mol. The van der Waals surface area contributed by atoms with E-state index in [4.69, 9.17) is 10.1 Å². The molecule has 178 valence electrons. The third-order valence-electron chi connectivity index (χ3n) is 6.69. The second-order valence-electron chi connectivity index (χ2n) is 9.11. The molecular formula is C30H27N5O. The molecule has 0 bridgehead atoms. The molecule has 0 atom stereocenters. The van der Waals surface area contributed by atoms with Crippen molar-refractivity contribution in [1.82, 2.24) is 24.4 Å². The summed E-state index contributed by atoms with van der Waals surface area (Å²) in [6, 6.07) is 34.6. The highest BCUT2D eigenvalue weighted by atomic mass is 16.2. The van der Waals surface area contributed by atoms with Gasteiger partial charge in [0.15, 0.2) is 11.3 Å². The van der Waals surface area contributed by atoms with Crippen LogP contribution in [0.15, 0.2) is 103 Å². The Bertz CT molecular complexity index is 1470. The summed E-state index contributed by atoms with van der Waals surface area (Å²) in [5.41, 5.74) is 6.22. The summed E-state index contributed by atoms with van der Waals surface area (Å²) >= 11 is 0. The normalized spacial score (nSPS) is 14.3. The van der Waals surface area contributed by atoms with Gasteiger partial charge in [-0.3, -0.25) is 9.69 Å². The van der Waals surface area contributed by atoms with Crippen molar-refractivity contribution < 1.29 is 4.79 Å². The Morgan fingerprint density at radius 3 is 2.00 bits per heavy atom. The molecule has 0 unspecified atom stereocenters. The van der Waals surface area contributed by atoms with E-state index in [2.05, 4.69) is 41.3 Å². The van der Waals surface area contributed by atoms with E-state index in [0.29, 0.717) is 24.4 Å². The number of benzene rings is 3. The van der Waals surface area contributed by atoms with Gasteiger partial charge in [0.2, 0.25) is 0 Å². The maximum absolute atomic E-state index is 13.4. The average molecular weight is 474 g/mol. The van der Waals surface area contributed by atoms with Crippen molar-refractivity contribution in [2.45, 2.75) is 6.54 Å². The van der Waals surface area contributed by atoms with E-state index in [-0.39, 0.29) is 5.91 Å². The molecule has 1 saturated heterocycles. The summed E-state index contributed by atoms with van der Waals surface area (Å²) < 4.78 is 1.79. The predicted octanol–water partition coefficient (Wildman–Crippen LogP) is 5.02. The summed E-state index contributed by atoms with van der Waals surface area (Å²) in [7, 11) is 0. The lowest BCUT2D eigenvalue weighted by Crippen LogP contribution is -2.48. The van der Waals surface area contributed by atoms with Gasteiger partial charge in [0.05, 0.1) is 11.4 Å². The molecule has 3 aromatic carbocycles. The largest absolute Gasteiger partial charge is 0.335 e. The zero-order chi connectivity index (χ0) is 24.3. The lowest BCUT2D eigenvalue weighted by atomic mass is 10.1. The number of aromatic nitrogens is 3. The van der Waals surface area contributed by atoms with Gasteiger partial charge in [-0.15, -0.1) is 0 Å². The third kappa shape index (κ3) is 4.51. The molecule has 6 nitrogen and oxygen atoms in total. The first-order chi connectivity index (χ1) is 17.7. The molecule has 36 heavy (non-hydrogen) atoms. The Balaban J connectivity index is 1.28. The number of hydrogen-bond acceptors (Lipinski definition) is 4. The number of amides is 1. The molecule has 0 saturated carbocycles. The quantitative estimate of drug-likeness (QED) is 0.360. The van der Waals surface area contributed by atoms with Crippen LogP contribution in [-0.4, -0.2) is 56.5 Å². The van der Waals surface area contributed by atoms with Gasteiger partial charge in [0, 0.05) is 49.9 Å². The van der Waals surface area contributed by atoms with Crippen molar-refractivity contribution >= 4 is 11.6 Å². The molecule has 1 aliphatic heterocycles. The minimum Gasteiger partial charge on any atom is -0.335 e. The van der Waals surface area contributed by atoms with Crippen LogP contribution >= 0.6 is 0 Å². The van der Waals surface area contributed by atoms with Gasteiger partial charge in [-0.05, 0) is 11.6 Å². The molecule has 0 spiro atoms. The van der Waals surface area contributed by atoms with Crippen molar-refractivity contribution in [2.24, 2.45) is 0 Å². The molecule has 5 aromatic rings. The zero-order valence-electron chi connectivity index (χ0n) is 20.0. The molecular weight excluding hydrogens is 446 g/mol. The van der Waals surface area contributed by atoms with Gasteiger partial charge < -0.3 is 4.90 Å². The van der Waals surface area contributed by atoms with E-state index in [1.54, 1.807) is 4.52 Å². The van der Waals surface area contributed by atoms with Crippen LogP contribution in [0.4, 0.5) is 0 Å². The maximum Gasteiger partial charge on any atom is 0.274 e. The zero-order valence-corrected chi connectivity index (χ0v) is 20.0. The number of rotatable bonds is 5. The van der Waals surface area contributed by atoms with E-state index in [1.165, 1.54) is 5.56 Å². The second-order valence-corrected chi connectivity index (χ2v) is 9.11. The number of carbonyl (C=O) groups is 1. The van der Waals surface area contributed by atoms with Crippen LogP contribution in [-0.2, 0) is 6.54 Å². The Morgan fingerprint density at radius 2 is 1.33 bits per heavy atom. The topological polar surface area (TPSA) is 53.7 Å². The van der Waals surface area contributed by atoms with E-state index in [9.17, 15) is 4.79 Å². The number of nitrogens with zero attached hydrogens (tertiary/aromatic N) is 5. The Hall–Kier alpha value is -4.29. The van der Waals surface area contributed by atoms with Crippen LogP contribution in [0, 0.1) is 0 Å². The van der Waals surface area contributed by atoms with Crippen molar-refractivity contribution in [2.75, 3.05) is 26.2 Å². The minimum atomic E-state index is -0.0415. The Morgan fingerprint density at radius 1 is 0.722 bits per heavy atom. The first-order valence-electron chi connectivity index (χ1n) is 12.3. The number of carbonyl (C=O) groups excluding carboxylic acids is 1. The summed E-state index contributed by atoms with van der Waals surface area (Å²) in [6.45, 7) is 3.98. The van der Waals surface area contributed by atoms with Crippen LogP contribution in [0.2, 0.25) is 0 Å². The molecule has 6 heteroatoms. The highest BCUT2D eigenvalue weighted by molar-refractivity contribution is 5.93. The summed E-state index contributed by atoms with van der Waals surface area (Å²) in [4.78, 5) is 22.6. The molecule has 0 radical (unpaired) electrons. The first kappa shape index (κ1) is 22.2. The molecule has 1 fully saturated rings. The number of hydrogen-bond donors (Lipinski definition) is 0. The molecule has 0 N–H and O–H groups in total. The molecule has 0 aliphatic carbocycles. The van der Waals surface area contributed by atoms with Crippen LogP contribution in [0.1, 0.15) is 16.1 Å². The van der Waals surface area contributed by atoms with Gasteiger partial charge >= 0.3 is 0 Å². The SMILES string of the molecule is O=C(c1cc2nc(-c3ccccc3)cc(-c3ccccc3)n2n1)N1CCN(Cc2ccccc2)CC1. The van der Waals surface area contributed by atoms with Gasteiger partial charge in [0.25, 0.3) is 5.91 Å². The van der Waals surface area contributed by atoms with Crippen LogP contribution < -0.4 is 0 Å². The smallest absolute Gasteiger partial charge is 0.274 e. The van der Waals surface area contributed by atoms with Gasteiger partial charge in [-0.1, -0.05) is 91.0 Å². The fourth-order valence-electron chi connectivity index (χ4n) is 4.76. The van der Waals surface area contributed by atoms with Crippen molar-refractivity contribution in [3.05, 3.63) is 114 Å². The highest BCUT2D eigenvalue weighted by Gasteiger charge is 2.25.